The van der Waals surface area contributed by atoms with Gasteiger partial charge in [-0.2, -0.15) is 0 Å². The summed E-state index contributed by atoms with van der Waals surface area (Å²) in [6.07, 6.45) is 6.04. The lowest BCUT2D eigenvalue weighted by molar-refractivity contribution is 0.420. The van der Waals surface area contributed by atoms with Gasteiger partial charge in [-0.3, -0.25) is 0 Å². The molecule has 0 fully saturated rings. The molecule has 468 valence electrons. The monoisotopic (exact) mass is 1160 g/mol. The van der Waals surface area contributed by atoms with Gasteiger partial charge in [0.1, 0.15) is 0 Å². The number of rotatable bonds is 15. The molecule has 0 N–H and O–H groups in total. The normalized spacial score (nSPS) is 13.5. The Morgan fingerprint density at radius 3 is 0.529 bits per heavy atom. The molecule has 2 unspecified atom stereocenters. The van der Waals surface area contributed by atoms with Crippen LogP contribution in [0.5, 0.6) is 0 Å². The van der Waals surface area contributed by atoms with Crippen LogP contribution in [0.1, 0.15) is 267 Å². The minimum atomic E-state index is -0.486. The maximum Gasteiger partial charge on any atom is 0.0439 e. The van der Waals surface area contributed by atoms with Gasteiger partial charge < -0.3 is 0 Å². The van der Waals surface area contributed by atoms with Crippen molar-refractivity contribution in [3.63, 3.8) is 0 Å². The van der Waals surface area contributed by atoms with E-state index < -0.39 is 5.41 Å². The molecule has 0 nitrogen and oxygen atoms in total. The highest BCUT2D eigenvalue weighted by Gasteiger charge is 2.44. The molecule has 0 radical (unpaired) electrons. The van der Waals surface area contributed by atoms with Crippen molar-refractivity contribution in [1.29, 1.82) is 0 Å². The number of benzene rings is 7. The predicted octanol–water partition coefficient (Wildman–Crippen LogP) is 23.5. The standard InChI is InChI=1S/C87H120/c1-43-49(7)61(19)78(62(20)50(43)8)41-85(34,80-65(23)53(11)45(3)54(12)66(80)24)39-37-76-73(31)77(38-40-86(35,81-67(25)55(13)46(4)56(14)68(81)26)42-79-63(21)51(9)44(2)52(10)64(79)22)75(33)84(74(76)32)87(36,82-69(27)57(15)47(5)58(16)70(82)28)83-71(29)59(17)48(6)60(18)72(83)30/h37-42H2,1-36H3. The lowest BCUT2D eigenvalue weighted by Gasteiger charge is -2.43. The molecular weight excluding hydrogens is 1040 g/mol. The summed E-state index contributed by atoms with van der Waals surface area (Å²) in [4.78, 5) is 0. The van der Waals surface area contributed by atoms with Gasteiger partial charge in [0.15, 0.2) is 0 Å². The van der Waals surface area contributed by atoms with E-state index in [9.17, 15) is 0 Å². The molecule has 0 bridgehead atoms. The highest BCUT2D eigenvalue weighted by molar-refractivity contribution is 5.70. The van der Waals surface area contributed by atoms with Gasteiger partial charge in [-0.25, -0.2) is 0 Å². The number of hydrogen-bond donors (Lipinski definition) is 0. The largest absolute Gasteiger partial charge is 0.0552 e. The molecule has 0 heteroatoms. The van der Waals surface area contributed by atoms with Crippen LogP contribution in [0, 0.1) is 228 Å². The zero-order valence-corrected chi connectivity index (χ0v) is 62.7. The predicted molar refractivity (Wildman–Crippen MR) is 386 cm³/mol. The molecule has 0 aliphatic heterocycles. The van der Waals surface area contributed by atoms with Crippen molar-refractivity contribution >= 4 is 0 Å². The molecule has 0 saturated heterocycles. The van der Waals surface area contributed by atoms with Crippen LogP contribution >= 0.6 is 0 Å². The van der Waals surface area contributed by atoms with Crippen LogP contribution in [-0.4, -0.2) is 0 Å². The van der Waals surface area contributed by atoms with Gasteiger partial charge in [-0.05, 0) is 518 Å². The minimum absolute atomic E-state index is 0.167. The molecule has 0 aliphatic rings. The Morgan fingerprint density at radius 2 is 0.322 bits per heavy atom. The van der Waals surface area contributed by atoms with Gasteiger partial charge in [0.05, 0.1) is 0 Å². The highest BCUT2D eigenvalue weighted by Crippen LogP contribution is 2.53. The number of hydrogen-bond acceptors (Lipinski definition) is 0. The molecule has 87 heavy (non-hydrogen) atoms. The van der Waals surface area contributed by atoms with E-state index >= 15 is 0 Å². The van der Waals surface area contributed by atoms with Crippen LogP contribution in [0.2, 0.25) is 0 Å². The van der Waals surface area contributed by atoms with E-state index in [2.05, 4.69) is 249 Å². The lowest BCUT2D eigenvalue weighted by atomic mass is 9.60. The smallest absolute Gasteiger partial charge is 0.0439 e. The molecule has 2 atom stereocenters. The van der Waals surface area contributed by atoms with Gasteiger partial charge in [0, 0.05) is 5.41 Å². The van der Waals surface area contributed by atoms with Crippen molar-refractivity contribution in [2.75, 3.05) is 0 Å². The second kappa shape index (κ2) is 24.4. The molecule has 0 aromatic heterocycles. The van der Waals surface area contributed by atoms with Gasteiger partial charge >= 0.3 is 0 Å². The van der Waals surface area contributed by atoms with E-state index in [0.717, 1.165) is 38.5 Å². The molecule has 0 spiro atoms. The third-order valence-electron chi connectivity index (χ3n) is 26.6. The average molecular weight is 1170 g/mol. The van der Waals surface area contributed by atoms with Crippen LogP contribution in [0.15, 0.2) is 0 Å². The fraction of sp³-hybridized carbons (Fsp3) is 0.517. The Morgan fingerprint density at radius 1 is 0.161 bits per heavy atom. The Hall–Kier alpha value is -5.46. The van der Waals surface area contributed by atoms with E-state index in [-0.39, 0.29) is 10.8 Å². The van der Waals surface area contributed by atoms with Crippen molar-refractivity contribution in [2.45, 2.75) is 304 Å². The first-order valence-corrected chi connectivity index (χ1v) is 33.6. The summed E-state index contributed by atoms with van der Waals surface area (Å²) in [7, 11) is 0. The Balaban J connectivity index is 1.67. The van der Waals surface area contributed by atoms with Crippen molar-refractivity contribution < 1.29 is 0 Å². The Kier molecular flexibility index (Phi) is 19.3. The quantitative estimate of drug-likeness (QED) is 0.0898. The van der Waals surface area contributed by atoms with E-state index in [1.165, 1.54) is 200 Å². The molecule has 7 aromatic carbocycles. The summed E-state index contributed by atoms with van der Waals surface area (Å²) in [5.41, 5.74) is 60.9. The molecule has 7 rings (SSSR count). The minimum Gasteiger partial charge on any atom is -0.0552 e. The van der Waals surface area contributed by atoms with Crippen LogP contribution in [0.25, 0.3) is 0 Å². The summed E-state index contributed by atoms with van der Waals surface area (Å²) in [6, 6.07) is 0. The molecule has 0 saturated carbocycles. The van der Waals surface area contributed by atoms with E-state index in [0.29, 0.717) is 0 Å². The average Bonchev–Trinajstić information content (AvgIpc) is 0.789. The molecular formula is C87H120. The van der Waals surface area contributed by atoms with Crippen LogP contribution in [0.3, 0.4) is 0 Å². The highest BCUT2D eigenvalue weighted by atomic mass is 14.5. The first-order chi connectivity index (χ1) is 40.0. The Labute approximate surface area is 534 Å². The Bertz CT molecular complexity index is 3590. The lowest BCUT2D eigenvalue weighted by Crippen LogP contribution is -2.35. The summed E-state index contributed by atoms with van der Waals surface area (Å²) in [6.45, 7) is 87.8. The zero-order valence-electron chi connectivity index (χ0n) is 62.7. The van der Waals surface area contributed by atoms with Crippen molar-refractivity contribution in [3.05, 3.63) is 234 Å². The zero-order chi connectivity index (χ0) is 66.0. The molecule has 7 aromatic rings. The van der Waals surface area contributed by atoms with Gasteiger partial charge in [0.2, 0.25) is 0 Å². The van der Waals surface area contributed by atoms with Crippen molar-refractivity contribution in [3.8, 4) is 0 Å². The van der Waals surface area contributed by atoms with Crippen molar-refractivity contribution in [1.82, 2.24) is 0 Å². The second-order valence-corrected chi connectivity index (χ2v) is 30.0. The molecule has 0 heterocycles. The van der Waals surface area contributed by atoms with Crippen LogP contribution < -0.4 is 0 Å². The summed E-state index contributed by atoms with van der Waals surface area (Å²) < 4.78 is 0. The maximum absolute atomic E-state index is 2.68. The second-order valence-electron chi connectivity index (χ2n) is 30.0. The third-order valence-corrected chi connectivity index (χ3v) is 26.6. The topological polar surface area (TPSA) is 0 Å². The van der Waals surface area contributed by atoms with Gasteiger partial charge in [-0.1, -0.05) is 13.8 Å². The third kappa shape index (κ3) is 10.8. The van der Waals surface area contributed by atoms with E-state index in [1.54, 1.807) is 33.4 Å². The maximum atomic E-state index is 2.68. The van der Waals surface area contributed by atoms with Gasteiger partial charge in [0.25, 0.3) is 0 Å². The van der Waals surface area contributed by atoms with Crippen LogP contribution in [-0.2, 0) is 41.9 Å². The SMILES string of the molecule is Cc1c(C)c(C)c(CC(C)(CCc2c(C)c(CCC(C)(Cc3c(C)c(C)c(C)c(C)c3C)c3c(C)c(C)c(C)c(C)c3C)c(C)c(C(C)(c3c(C)c(C)c(C)c(C)c3C)c3c(C)c(C)c(C)c(C)c3C)c2C)c2c(C)c(C)c(C)c(C)c2C)c(C)c1C. The fourth-order valence-corrected chi connectivity index (χ4v) is 18.4. The first kappa shape index (κ1) is 69.0. The van der Waals surface area contributed by atoms with E-state index in [4.69, 9.17) is 0 Å². The fourth-order valence-electron chi connectivity index (χ4n) is 18.4. The van der Waals surface area contributed by atoms with Crippen molar-refractivity contribution in [2.24, 2.45) is 0 Å². The van der Waals surface area contributed by atoms with E-state index in [1.807, 2.05) is 0 Å². The summed E-state index contributed by atoms with van der Waals surface area (Å²) >= 11 is 0. The summed E-state index contributed by atoms with van der Waals surface area (Å²) in [5, 5.41) is 0. The molecule has 0 aliphatic carbocycles. The molecule has 0 amide bonds. The van der Waals surface area contributed by atoms with Crippen LogP contribution in [0.4, 0.5) is 0 Å². The van der Waals surface area contributed by atoms with Gasteiger partial charge in [-0.15, -0.1) is 0 Å². The first-order valence-electron chi connectivity index (χ1n) is 33.6. The summed E-state index contributed by atoms with van der Waals surface area (Å²) in [5.74, 6) is 0.